The number of likely N-dealkylation sites (N-methyl/N-ethyl adjacent to an activating group) is 2. The summed E-state index contributed by atoms with van der Waals surface area (Å²) in [6, 6.07) is -0.801. The fourth-order valence-electron chi connectivity index (χ4n) is 1.85. The second kappa shape index (κ2) is 7.01. The number of carbonyl (C=O) groups excluding carboxylic acids is 5. The Bertz CT molecular complexity index is 517. The average Bonchev–Trinajstić information content (AvgIpc) is 2.64. The minimum Gasteiger partial charge on any atom is -0.358 e. The van der Waals surface area contributed by atoms with Gasteiger partial charge in [-0.3, -0.25) is 24.1 Å². The van der Waals surface area contributed by atoms with Crippen LogP contribution in [0.25, 0.3) is 0 Å². The molecule has 0 aromatic heterocycles. The van der Waals surface area contributed by atoms with Gasteiger partial charge in [0.2, 0.25) is 11.8 Å². The first-order chi connectivity index (χ1) is 10.2. The van der Waals surface area contributed by atoms with Crippen molar-refractivity contribution in [3.8, 4) is 0 Å². The summed E-state index contributed by atoms with van der Waals surface area (Å²) in [5, 5.41) is 2.35. The maximum atomic E-state index is 12.1. The predicted octanol–water partition coefficient (Wildman–Crippen LogP) is -1.36. The van der Waals surface area contributed by atoms with E-state index in [4.69, 9.17) is 0 Å². The zero-order valence-electron chi connectivity index (χ0n) is 13.1. The summed E-state index contributed by atoms with van der Waals surface area (Å²) >= 11 is 0. The lowest BCUT2D eigenvalue weighted by Gasteiger charge is -2.20. The van der Waals surface area contributed by atoms with Crippen molar-refractivity contribution in [3.63, 3.8) is 0 Å². The van der Waals surface area contributed by atoms with Gasteiger partial charge in [-0.25, -0.2) is 9.69 Å². The topological polar surface area (TPSA) is 107 Å². The number of hydrogen-bond acceptors (Lipinski definition) is 5. The lowest BCUT2D eigenvalue weighted by Crippen LogP contribution is -2.45. The molecule has 0 spiro atoms. The number of nitrogens with zero attached hydrogens (tertiary/aromatic N) is 3. The normalized spacial score (nSPS) is 14.9. The Balaban J connectivity index is 2.75. The highest BCUT2D eigenvalue weighted by Gasteiger charge is 2.45. The Morgan fingerprint density at radius 1 is 1.14 bits per heavy atom. The van der Waals surface area contributed by atoms with Crippen LogP contribution < -0.4 is 5.32 Å². The van der Waals surface area contributed by atoms with Gasteiger partial charge in [-0.2, -0.15) is 0 Å². The number of amides is 6. The molecule has 0 bridgehead atoms. The van der Waals surface area contributed by atoms with Gasteiger partial charge < -0.3 is 10.2 Å². The van der Waals surface area contributed by atoms with E-state index in [9.17, 15) is 24.0 Å². The minimum absolute atomic E-state index is 0.00674. The predicted molar refractivity (Wildman–Crippen MR) is 75.4 cm³/mol. The van der Waals surface area contributed by atoms with Gasteiger partial charge in [0.25, 0.3) is 0 Å². The lowest BCUT2D eigenvalue weighted by atomic mass is 10.2. The molecule has 0 aromatic carbocycles. The molecule has 1 N–H and O–H groups in total. The Morgan fingerprint density at radius 3 is 2.18 bits per heavy atom. The van der Waals surface area contributed by atoms with Crippen LogP contribution in [0.15, 0.2) is 0 Å². The van der Waals surface area contributed by atoms with E-state index in [1.165, 1.54) is 14.1 Å². The first-order valence-corrected chi connectivity index (χ1v) is 6.80. The fourth-order valence-corrected chi connectivity index (χ4v) is 1.85. The molecule has 1 saturated heterocycles. The van der Waals surface area contributed by atoms with Crippen molar-refractivity contribution in [2.75, 3.05) is 33.7 Å². The quantitative estimate of drug-likeness (QED) is 0.481. The molecule has 0 saturated carbocycles. The van der Waals surface area contributed by atoms with Crippen molar-refractivity contribution >= 4 is 29.7 Å². The summed E-state index contributed by atoms with van der Waals surface area (Å²) in [7, 11) is 2.80. The molecule has 0 radical (unpaired) electrons. The molecule has 1 rings (SSSR count). The van der Waals surface area contributed by atoms with E-state index in [0.717, 1.165) is 9.80 Å². The third kappa shape index (κ3) is 3.80. The molecule has 9 nitrogen and oxygen atoms in total. The van der Waals surface area contributed by atoms with E-state index in [2.05, 4.69) is 5.32 Å². The van der Waals surface area contributed by atoms with Gasteiger partial charge in [0.1, 0.15) is 6.54 Å². The van der Waals surface area contributed by atoms with Crippen LogP contribution in [0.1, 0.15) is 13.8 Å². The third-order valence-corrected chi connectivity index (χ3v) is 3.06. The van der Waals surface area contributed by atoms with E-state index in [-0.39, 0.29) is 24.9 Å². The van der Waals surface area contributed by atoms with Gasteiger partial charge in [0.15, 0.2) is 0 Å². The monoisotopic (exact) mass is 312 g/mol. The first kappa shape index (κ1) is 17.6. The smallest absolute Gasteiger partial charge is 0.334 e. The summed E-state index contributed by atoms with van der Waals surface area (Å²) in [6.45, 7) is 2.95. The third-order valence-electron chi connectivity index (χ3n) is 3.06. The Kier molecular flexibility index (Phi) is 5.61. The molecule has 0 atom stereocenters. The van der Waals surface area contributed by atoms with Crippen LogP contribution in [0.4, 0.5) is 4.79 Å². The van der Waals surface area contributed by atoms with Gasteiger partial charge in [0.05, 0.1) is 6.54 Å². The fraction of sp³-hybridized carbons (Fsp3) is 0.615. The average molecular weight is 312 g/mol. The molecule has 1 fully saturated rings. The Morgan fingerprint density at radius 2 is 1.68 bits per heavy atom. The van der Waals surface area contributed by atoms with Crippen molar-refractivity contribution in [1.82, 2.24) is 20.0 Å². The number of imide groups is 2. The van der Waals surface area contributed by atoms with Gasteiger partial charge in [-0.1, -0.05) is 13.8 Å². The first-order valence-electron chi connectivity index (χ1n) is 6.80. The van der Waals surface area contributed by atoms with E-state index < -0.39 is 30.3 Å². The number of urea groups is 1. The van der Waals surface area contributed by atoms with Gasteiger partial charge in [-0.15, -0.1) is 0 Å². The largest absolute Gasteiger partial charge is 0.358 e. The summed E-state index contributed by atoms with van der Waals surface area (Å²) < 4.78 is 0. The molecular weight excluding hydrogens is 292 g/mol. The van der Waals surface area contributed by atoms with Gasteiger partial charge in [0, 0.05) is 20.6 Å². The maximum Gasteiger partial charge on any atom is 0.334 e. The van der Waals surface area contributed by atoms with Crippen molar-refractivity contribution in [1.29, 1.82) is 0 Å². The molecule has 0 aliphatic carbocycles. The second-order valence-electron chi connectivity index (χ2n) is 5.41. The number of hydrogen-bond donors (Lipinski definition) is 1. The summed E-state index contributed by atoms with van der Waals surface area (Å²) in [5.41, 5.74) is 0. The maximum absolute atomic E-state index is 12.1. The summed E-state index contributed by atoms with van der Waals surface area (Å²) in [4.78, 5) is 61.3. The Labute approximate surface area is 128 Å². The molecule has 0 aromatic rings. The van der Waals surface area contributed by atoms with Crippen molar-refractivity contribution in [2.24, 2.45) is 5.92 Å². The molecule has 1 heterocycles. The summed E-state index contributed by atoms with van der Waals surface area (Å²) in [5.74, 6) is -2.93. The number of nitrogens with one attached hydrogen (secondary N) is 1. The van der Waals surface area contributed by atoms with E-state index in [0.29, 0.717) is 4.90 Å². The standard InChI is InChI=1S/C13H20N4O5/c1-8(2)5-16-11(20)12(21)17(13(16)22)7-10(19)15(4)6-9(18)14-3/h8H,5-7H2,1-4H3,(H,14,18). The zero-order chi connectivity index (χ0) is 17.0. The van der Waals surface area contributed by atoms with Crippen molar-refractivity contribution in [3.05, 3.63) is 0 Å². The van der Waals surface area contributed by atoms with Crippen LogP contribution >= 0.6 is 0 Å². The van der Waals surface area contributed by atoms with E-state index in [1.807, 2.05) is 0 Å². The highest BCUT2D eigenvalue weighted by Crippen LogP contribution is 2.14. The summed E-state index contributed by atoms with van der Waals surface area (Å²) in [6.07, 6.45) is 0. The van der Waals surface area contributed by atoms with Crippen molar-refractivity contribution < 1.29 is 24.0 Å². The SMILES string of the molecule is CNC(=O)CN(C)C(=O)CN1C(=O)C(=O)N(CC(C)C)C1=O. The van der Waals surface area contributed by atoms with Crippen molar-refractivity contribution in [2.45, 2.75) is 13.8 Å². The zero-order valence-corrected chi connectivity index (χ0v) is 13.1. The van der Waals surface area contributed by atoms with Crippen LogP contribution in [0.2, 0.25) is 0 Å². The van der Waals surface area contributed by atoms with Gasteiger partial charge >= 0.3 is 17.8 Å². The van der Waals surface area contributed by atoms with E-state index >= 15 is 0 Å². The molecule has 1 aliphatic rings. The second-order valence-corrected chi connectivity index (χ2v) is 5.41. The Hall–Kier alpha value is -2.45. The number of rotatable bonds is 6. The minimum atomic E-state index is -1.02. The lowest BCUT2D eigenvalue weighted by molar-refractivity contribution is -0.145. The van der Waals surface area contributed by atoms with Crippen LogP contribution in [0, 0.1) is 5.92 Å². The molecule has 6 amide bonds. The molecular formula is C13H20N4O5. The number of carbonyl (C=O) groups is 5. The highest BCUT2D eigenvalue weighted by atomic mass is 16.2. The molecule has 9 heteroatoms. The van der Waals surface area contributed by atoms with Crippen LogP contribution in [0.5, 0.6) is 0 Å². The molecule has 22 heavy (non-hydrogen) atoms. The molecule has 122 valence electrons. The highest BCUT2D eigenvalue weighted by molar-refractivity contribution is 6.45. The van der Waals surface area contributed by atoms with Crippen LogP contribution in [-0.4, -0.2) is 78.1 Å². The van der Waals surface area contributed by atoms with E-state index in [1.54, 1.807) is 13.8 Å². The van der Waals surface area contributed by atoms with Gasteiger partial charge in [-0.05, 0) is 5.92 Å². The molecule has 1 aliphatic heterocycles. The van der Waals surface area contributed by atoms with Crippen LogP contribution in [0.3, 0.4) is 0 Å². The van der Waals surface area contributed by atoms with Crippen LogP contribution in [-0.2, 0) is 19.2 Å². The molecule has 0 unspecified atom stereocenters.